The van der Waals surface area contributed by atoms with Crippen LogP contribution in [-0.2, 0) is 4.74 Å². The third-order valence-corrected chi connectivity index (χ3v) is 3.62. The molecule has 1 N–H and O–H groups in total. The Bertz CT molecular complexity index is 733. The molecule has 0 aliphatic carbocycles. The quantitative estimate of drug-likeness (QED) is 0.911. The number of fused-ring (bicyclic) bond motifs is 1. The molecule has 1 aliphatic heterocycles. The minimum Gasteiger partial charge on any atom is -0.376 e. The highest BCUT2D eigenvalue weighted by Gasteiger charge is 2.18. The Morgan fingerprint density at radius 1 is 1.57 bits per heavy atom. The highest BCUT2D eigenvalue weighted by Crippen LogP contribution is 2.10. The van der Waals surface area contributed by atoms with Crippen LogP contribution in [-0.4, -0.2) is 34.5 Å². The Hall–Kier alpha value is -2.21. The molecule has 6 heteroatoms. The van der Waals surface area contributed by atoms with Gasteiger partial charge in [-0.25, -0.2) is 4.98 Å². The van der Waals surface area contributed by atoms with E-state index in [2.05, 4.69) is 10.3 Å². The fourth-order valence-corrected chi connectivity index (χ4v) is 2.44. The standard InChI is InChI=1S/C15H17N3O3/c1-10-4-5-18-13(7-10)16-9-12(15(18)20)14(19)17-8-11-3-2-6-21-11/h4-5,7,9,11H,2-3,6,8H2,1H3,(H,17,19)/t11-/m0/s1. The Labute approximate surface area is 121 Å². The van der Waals surface area contributed by atoms with Gasteiger partial charge in [-0.15, -0.1) is 0 Å². The van der Waals surface area contributed by atoms with E-state index in [1.807, 2.05) is 13.0 Å². The lowest BCUT2D eigenvalue weighted by Gasteiger charge is -2.10. The zero-order valence-corrected chi connectivity index (χ0v) is 11.8. The van der Waals surface area contributed by atoms with Crippen molar-refractivity contribution in [1.82, 2.24) is 14.7 Å². The summed E-state index contributed by atoms with van der Waals surface area (Å²) in [6, 6.07) is 3.61. The number of aryl methyl sites for hydroxylation is 1. The van der Waals surface area contributed by atoms with Crippen molar-refractivity contribution in [2.45, 2.75) is 25.9 Å². The van der Waals surface area contributed by atoms with E-state index < -0.39 is 5.91 Å². The molecule has 21 heavy (non-hydrogen) atoms. The first kappa shape index (κ1) is 13.8. The highest BCUT2D eigenvalue weighted by molar-refractivity contribution is 5.93. The molecule has 110 valence electrons. The van der Waals surface area contributed by atoms with Gasteiger partial charge in [0.1, 0.15) is 11.2 Å². The van der Waals surface area contributed by atoms with Crippen LogP contribution in [0.5, 0.6) is 0 Å². The molecule has 2 aromatic rings. The van der Waals surface area contributed by atoms with E-state index in [1.165, 1.54) is 10.6 Å². The molecule has 3 rings (SSSR count). The Balaban J connectivity index is 1.82. The van der Waals surface area contributed by atoms with Crippen LogP contribution in [0.15, 0.2) is 29.3 Å². The number of hydrogen-bond acceptors (Lipinski definition) is 4. The lowest BCUT2D eigenvalue weighted by Crippen LogP contribution is -2.36. The predicted molar refractivity (Wildman–Crippen MR) is 77.5 cm³/mol. The fourth-order valence-electron chi connectivity index (χ4n) is 2.44. The average Bonchev–Trinajstić information content (AvgIpc) is 2.98. The van der Waals surface area contributed by atoms with Gasteiger partial charge in [0, 0.05) is 25.5 Å². The molecule has 6 nitrogen and oxygen atoms in total. The Morgan fingerprint density at radius 3 is 3.19 bits per heavy atom. The molecule has 1 atom stereocenters. The van der Waals surface area contributed by atoms with Crippen molar-refractivity contribution in [1.29, 1.82) is 0 Å². The maximum atomic E-state index is 12.3. The summed E-state index contributed by atoms with van der Waals surface area (Å²) in [5.41, 5.74) is 1.24. The molecule has 0 saturated carbocycles. The molecule has 0 spiro atoms. The molecule has 1 amide bonds. The van der Waals surface area contributed by atoms with Crippen LogP contribution in [0, 0.1) is 6.92 Å². The summed E-state index contributed by atoms with van der Waals surface area (Å²) >= 11 is 0. The van der Waals surface area contributed by atoms with Gasteiger partial charge in [-0.05, 0) is 37.5 Å². The molecule has 0 unspecified atom stereocenters. The number of nitrogens with zero attached hydrogens (tertiary/aromatic N) is 2. The molecular formula is C15H17N3O3. The van der Waals surface area contributed by atoms with Gasteiger partial charge in [0.15, 0.2) is 0 Å². The second-order valence-corrected chi connectivity index (χ2v) is 5.25. The number of rotatable bonds is 3. The first-order chi connectivity index (χ1) is 10.1. The van der Waals surface area contributed by atoms with Gasteiger partial charge >= 0.3 is 0 Å². The average molecular weight is 287 g/mol. The summed E-state index contributed by atoms with van der Waals surface area (Å²) in [7, 11) is 0. The van der Waals surface area contributed by atoms with E-state index in [0.717, 1.165) is 25.0 Å². The molecular weight excluding hydrogens is 270 g/mol. The molecule has 0 aromatic carbocycles. The highest BCUT2D eigenvalue weighted by atomic mass is 16.5. The van der Waals surface area contributed by atoms with Crippen molar-refractivity contribution in [2.75, 3.05) is 13.2 Å². The van der Waals surface area contributed by atoms with Crippen molar-refractivity contribution >= 4 is 11.6 Å². The van der Waals surface area contributed by atoms with Gasteiger partial charge in [0.25, 0.3) is 11.5 Å². The number of carbonyl (C=O) groups is 1. The number of nitrogens with one attached hydrogen (secondary N) is 1. The minimum atomic E-state index is -0.405. The maximum absolute atomic E-state index is 12.3. The fraction of sp³-hybridized carbons (Fsp3) is 0.400. The lowest BCUT2D eigenvalue weighted by molar-refractivity contribution is 0.0856. The van der Waals surface area contributed by atoms with Crippen LogP contribution in [0.2, 0.25) is 0 Å². The second-order valence-electron chi connectivity index (χ2n) is 5.25. The summed E-state index contributed by atoms with van der Waals surface area (Å²) in [4.78, 5) is 28.6. The number of amides is 1. The molecule has 1 fully saturated rings. The predicted octanol–water partition coefficient (Wildman–Crippen LogP) is 0.912. The van der Waals surface area contributed by atoms with Crippen molar-refractivity contribution in [3.63, 3.8) is 0 Å². The third-order valence-electron chi connectivity index (χ3n) is 3.62. The summed E-state index contributed by atoms with van der Waals surface area (Å²) in [5, 5.41) is 2.74. The number of ether oxygens (including phenoxy) is 1. The molecule has 3 heterocycles. The minimum absolute atomic E-state index is 0.0489. The van der Waals surface area contributed by atoms with Gasteiger partial charge in [0.05, 0.1) is 6.10 Å². The molecule has 0 radical (unpaired) electrons. The topological polar surface area (TPSA) is 72.7 Å². The Kier molecular flexibility index (Phi) is 3.70. The van der Waals surface area contributed by atoms with Crippen molar-refractivity contribution in [3.05, 3.63) is 46.0 Å². The van der Waals surface area contributed by atoms with E-state index in [-0.39, 0.29) is 17.2 Å². The largest absolute Gasteiger partial charge is 0.376 e. The lowest BCUT2D eigenvalue weighted by atomic mass is 10.2. The summed E-state index contributed by atoms with van der Waals surface area (Å²) in [6.45, 7) is 3.09. The van der Waals surface area contributed by atoms with Gasteiger partial charge in [0.2, 0.25) is 0 Å². The van der Waals surface area contributed by atoms with E-state index in [1.54, 1.807) is 12.3 Å². The zero-order chi connectivity index (χ0) is 14.8. The van der Waals surface area contributed by atoms with Gasteiger partial charge < -0.3 is 10.1 Å². The number of aromatic nitrogens is 2. The van der Waals surface area contributed by atoms with Crippen LogP contribution in [0.25, 0.3) is 5.65 Å². The first-order valence-corrected chi connectivity index (χ1v) is 7.03. The van der Waals surface area contributed by atoms with Crippen molar-refractivity contribution in [3.8, 4) is 0 Å². The van der Waals surface area contributed by atoms with E-state index in [4.69, 9.17) is 4.74 Å². The zero-order valence-electron chi connectivity index (χ0n) is 11.8. The monoisotopic (exact) mass is 287 g/mol. The SMILES string of the molecule is Cc1ccn2c(=O)c(C(=O)NC[C@@H]3CCCO3)cnc2c1. The van der Waals surface area contributed by atoms with Crippen LogP contribution < -0.4 is 10.9 Å². The smallest absolute Gasteiger partial charge is 0.270 e. The summed E-state index contributed by atoms with van der Waals surface area (Å²) in [6.07, 6.45) is 4.97. The van der Waals surface area contributed by atoms with E-state index >= 15 is 0 Å². The Morgan fingerprint density at radius 2 is 2.43 bits per heavy atom. The number of carbonyl (C=O) groups excluding carboxylic acids is 1. The second kappa shape index (κ2) is 5.65. The molecule has 2 aromatic heterocycles. The number of pyridine rings is 1. The van der Waals surface area contributed by atoms with Crippen LogP contribution >= 0.6 is 0 Å². The number of hydrogen-bond donors (Lipinski definition) is 1. The summed E-state index contributed by atoms with van der Waals surface area (Å²) in [5.74, 6) is -0.405. The first-order valence-electron chi connectivity index (χ1n) is 7.03. The van der Waals surface area contributed by atoms with Crippen molar-refractivity contribution < 1.29 is 9.53 Å². The van der Waals surface area contributed by atoms with Crippen LogP contribution in [0.4, 0.5) is 0 Å². The maximum Gasteiger partial charge on any atom is 0.270 e. The van der Waals surface area contributed by atoms with Crippen molar-refractivity contribution in [2.24, 2.45) is 0 Å². The van der Waals surface area contributed by atoms with Crippen LogP contribution in [0.3, 0.4) is 0 Å². The van der Waals surface area contributed by atoms with Crippen LogP contribution in [0.1, 0.15) is 28.8 Å². The van der Waals surface area contributed by atoms with E-state index in [9.17, 15) is 9.59 Å². The van der Waals surface area contributed by atoms with Gasteiger partial charge in [-0.1, -0.05) is 0 Å². The summed E-state index contributed by atoms with van der Waals surface area (Å²) < 4.78 is 6.82. The molecule has 1 aliphatic rings. The molecule has 0 bridgehead atoms. The van der Waals surface area contributed by atoms with E-state index in [0.29, 0.717) is 12.2 Å². The third kappa shape index (κ3) is 2.80. The van der Waals surface area contributed by atoms with Gasteiger partial charge in [-0.2, -0.15) is 0 Å². The normalized spacial score (nSPS) is 18.0. The molecule has 1 saturated heterocycles. The van der Waals surface area contributed by atoms with Gasteiger partial charge in [-0.3, -0.25) is 14.0 Å².